The van der Waals surface area contributed by atoms with Gasteiger partial charge in [0.25, 0.3) is 0 Å². The molecule has 2 aromatic heterocycles. The van der Waals surface area contributed by atoms with Crippen LogP contribution in [0.1, 0.15) is 70.7 Å². The van der Waals surface area contributed by atoms with Crippen molar-refractivity contribution in [3.8, 4) is 11.6 Å². The lowest BCUT2D eigenvalue weighted by molar-refractivity contribution is -0.0528. The first kappa shape index (κ1) is 23.5. The Balaban J connectivity index is 0.000000696. The van der Waals surface area contributed by atoms with E-state index in [-0.39, 0.29) is 11.8 Å². The molecule has 0 aliphatic heterocycles. The fourth-order valence-corrected chi connectivity index (χ4v) is 2.35. The van der Waals surface area contributed by atoms with Crippen LogP contribution in [0.5, 0.6) is 5.88 Å². The molecule has 6 heteroatoms. The minimum Gasteiger partial charge on any atom is -0.417 e. The normalized spacial score (nSPS) is 11.0. The maximum absolute atomic E-state index is 12.2. The molecule has 0 unspecified atom stereocenters. The number of pyridine rings is 1. The van der Waals surface area contributed by atoms with Crippen molar-refractivity contribution in [3.05, 3.63) is 54.5 Å². The molecule has 0 N–H and O–H groups in total. The van der Waals surface area contributed by atoms with Crippen molar-refractivity contribution in [1.29, 1.82) is 0 Å². The fourth-order valence-electron chi connectivity index (χ4n) is 2.35. The summed E-state index contributed by atoms with van der Waals surface area (Å²) in [7, 11) is 0. The van der Waals surface area contributed by atoms with Gasteiger partial charge in [-0.2, -0.15) is 13.9 Å². The predicted molar refractivity (Wildman–Crippen MR) is 111 cm³/mol. The molecule has 0 saturated heterocycles. The van der Waals surface area contributed by atoms with Crippen molar-refractivity contribution in [2.45, 2.75) is 65.9 Å². The third-order valence-corrected chi connectivity index (χ3v) is 3.76. The van der Waals surface area contributed by atoms with Crippen LogP contribution in [0, 0.1) is 0 Å². The third kappa shape index (κ3) is 8.03. The summed E-state index contributed by atoms with van der Waals surface area (Å²) >= 11 is 0. The van der Waals surface area contributed by atoms with Gasteiger partial charge in [-0.3, -0.25) is 0 Å². The van der Waals surface area contributed by atoms with Crippen LogP contribution in [0.2, 0.25) is 0 Å². The largest absolute Gasteiger partial charge is 0.417 e. The summed E-state index contributed by atoms with van der Waals surface area (Å²) in [6.45, 7) is 9.09. The summed E-state index contributed by atoms with van der Waals surface area (Å²) in [4.78, 5) is 3.90. The molecule has 28 heavy (non-hydrogen) atoms. The summed E-state index contributed by atoms with van der Waals surface area (Å²) in [6, 6.07) is 5.11. The first-order valence-corrected chi connectivity index (χ1v) is 9.71. The van der Waals surface area contributed by atoms with Crippen molar-refractivity contribution in [2.75, 3.05) is 0 Å². The van der Waals surface area contributed by atoms with E-state index in [0.717, 1.165) is 30.7 Å². The molecular formula is C22H31F2N3O. The number of unbranched alkanes of at least 4 members (excludes halogenated alkanes) is 2. The number of hydrogen-bond donors (Lipinski definition) is 0. The van der Waals surface area contributed by atoms with Gasteiger partial charge < -0.3 is 4.74 Å². The fraction of sp³-hybridized carbons (Fsp3) is 0.455. The summed E-state index contributed by atoms with van der Waals surface area (Å²) in [5, 5.41) is 4.57. The van der Waals surface area contributed by atoms with Crippen molar-refractivity contribution < 1.29 is 13.5 Å². The number of rotatable bonds is 9. The van der Waals surface area contributed by atoms with E-state index in [1.54, 1.807) is 10.7 Å². The smallest absolute Gasteiger partial charge is 0.388 e. The molecular weight excluding hydrogens is 360 g/mol. The number of hydrogen-bond acceptors (Lipinski definition) is 3. The van der Waals surface area contributed by atoms with Crippen molar-refractivity contribution in [3.63, 3.8) is 0 Å². The quantitative estimate of drug-likeness (QED) is 0.442. The molecule has 0 atom stereocenters. The molecule has 0 fully saturated rings. The van der Waals surface area contributed by atoms with Crippen LogP contribution in [-0.4, -0.2) is 21.4 Å². The van der Waals surface area contributed by atoms with Gasteiger partial charge >= 0.3 is 6.61 Å². The van der Waals surface area contributed by atoms with Crippen molar-refractivity contribution in [1.82, 2.24) is 14.8 Å². The van der Waals surface area contributed by atoms with Crippen LogP contribution in [-0.2, 0) is 0 Å². The maximum atomic E-state index is 12.2. The number of allylic oxidation sites excluding steroid dienone is 2. The molecule has 0 spiro atoms. The van der Waals surface area contributed by atoms with E-state index in [1.807, 2.05) is 18.2 Å². The highest BCUT2D eigenvalue weighted by Gasteiger charge is 2.13. The van der Waals surface area contributed by atoms with E-state index in [4.69, 9.17) is 0 Å². The van der Waals surface area contributed by atoms with Gasteiger partial charge in [0.05, 0.1) is 17.6 Å². The predicted octanol–water partition coefficient (Wildman–Crippen LogP) is 6.78. The van der Waals surface area contributed by atoms with E-state index >= 15 is 0 Å². The minimum atomic E-state index is -2.88. The Bertz CT molecular complexity index is 722. The van der Waals surface area contributed by atoms with E-state index in [0.29, 0.717) is 5.69 Å². The van der Waals surface area contributed by atoms with Gasteiger partial charge in [0, 0.05) is 11.8 Å². The lowest BCUT2D eigenvalue weighted by Gasteiger charge is -2.10. The molecule has 2 aromatic rings. The molecule has 0 bridgehead atoms. The zero-order valence-electron chi connectivity index (χ0n) is 17.2. The minimum absolute atomic E-state index is 0.106. The van der Waals surface area contributed by atoms with Gasteiger partial charge in [-0.05, 0) is 37.0 Å². The highest BCUT2D eigenvalue weighted by Crippen LogP contribution is 2.22. The Hall–Kier alpha value is -2.50. The third-order valence-electron chi connectivity index (χ3n) is 3.76. The van der Waals surface area contributed by atoms with E-state index in [9.17, 15) is 8.78 Å². The van der Waals surface area contributed by atoms with Crippen LogP contribution < -0.4 is 4.74 Å². The second-order valence-corrected chi connectivity index (χ2v) is 6.56. The average Bonchev–Trinajstić information content (AvgIpc) is 3.08. The lowest BCUT2D eigenvalue weighted by atomic mass is 10.1. The Morgan fingerprint density at radius 2 is 1.89 bits per heavy atom. The molecule has 0 radical (unpaired) electrons. The van der Waals surface area contributed by atoms with Crippen LogP contribution in [0.25, 0.3) is 11.8 Å². The molecule has 2 rings (SSSR count). The maximum Gasteiger partial charge on any atom is 0.388 e. The summed E-state index contributed by atoms with van der Waals surface area (Å²) < 4.78 is 30.4. The number of halogens is 2. The lowest BCUT2D eigenvalue weighted by Crippen LogP contribution is -2.06. The first-order chi connectivity index (χ1) is 13.4. The van der Waals surface area contributed by atoms with E-state index in [1.165, 1.54) is 18.7 Å². The van der Waals surface area contributed by atoms with Crippen LogP contribution in [0.15, 0.2) is 43.1 Å². The zero-order chi connectivity index (χ0) is 20.9. The highest BCUT2D eigenvalue weighted by molar-refractivity contribution is 5.47. The number of alkyl halides is 2. The van der Waals surface area contributed by atoms with Gasteiger partial charge in [0.1, 0.15) is 0 Å². The number of nitrogens with zero attached hydrogens (tertiary/aromatic N) is 3. The molecule has 0 amide bonds. The Labute approximate surface area is 166 Å². The van der Waals surface area contributed by atoms with Crippen molar-refractivity contribution >= 4 is 6.08 Å². The molecule has 0 aliphatic rings. The van der Waals surface area contributed by atoms with Crippen LogP contribution >= 0.6 is 0 Å². The molecule has 154 valence electrons. The van der Waals surface area contributed by atoms with Gasteiger partial charge in [-0.25, -0.2) is 9.67 Å². The molecule has 0 saturated carbocycles. The molecule has 0 aromatic carbocycles. The standard InChI is InChI=1S/C17H21F2N3O.C5H10/c1-4-5-6-7-13-10-15(12(2)3)22(21-13)14-8-9-16(20-11-14)23-17(18)19;1-3-5-4-2/h6-12,17H,4-5H2,1-3H3;3H,1,4-5H2,2H3/b7-6+;. The Kier molecular flexibility index (Phi) is 10.8. The van der Waals surface area contributed by atoms with Gasteiger partial charge in [-0.1, -0.05) is 52.7 Å². The topological polar surface area (TPSA) is 39.9 Å². The number of aromatic nitrogens is 3. The zero-order valence-corrected chi connectivity index (χ0v) is 17.2. The van der Waals surface area contributed by atoms with Crippen molar-refractivity contribution in [2.24, 2.45) is 0 Å². The SMILES string of the molecule is C=CCCC.CCC/C=C/c1cc(C(C)C)n(-c2ccc(OC(F)F)nc2)n1. The summed E-state index contributed by atoms with van der Waals surface area (Å²) in [5.41, 5.74) is 2.62. The molecule has 2 heterocycles. The highest BCUT2D eigenvalue weighted by atomic mass is 19.3. The molecule has 4 nitrogen and oxygen atoms in total. The second kappa shape index (κ2) is 12.8. The van der Waals surface area contributed by atoms with Gasteiger partial charge in [0.2, 0.25) is 5.88 Å². The van der Waals surface area contributed by atoms with Gasteiger partial charge in [0.15, 0.2) is 0 Å². The number of ether oxygens (including phenoxy) is 1. The first-order valence-electron chi connectivity index (χ1n) is 9.71. The van der Waals surface area contributed by atoms with E-state index < -0.39 is 6.61 Å². The average molecular weight is 392 g/mol. The van der Waals surface area contributed by atoms with Gasteiger partial charge in [-0.15, -0.1) is 6.58 Å². The Morgan fingerprint density at radius 1 is 1.18 bits per heavy atom. The second-order valence-electron chi connectivity index (χ2n) is 6.56. The monoisotopic (exact) mass is 391 g/mol. The Morgan fingerprint density at radius 3 is 2.36 bits per heavy atom. The van der Waals surface area contributed by atoms with Crippen LogP contribution in [0.4, 0.5) is 8.78 Å². The van der Waals surface area contributed by atoms with Crippen LogP contribution in [0.3, 0.4) is 0 Å². The summed E-state index contributed by atoms with van der Waals surface area (Å²) in [6.07, 6.45) is 12.0. The molecule has 0 aliphatic carbocycles. The van der Waals surface area contributed by atoms with E-state index in [2.05, 4.69) is 55.2 Å². The summed E-state index contributed by atoms with van der Waals surface area (Å²) in [5.74, 6) is 0.165.